The second kappa shape index (κ2) is 11.3. The van der Waals surface area contributed by atoms with Crippen LogP contribution in [-0.4, -0.2) is 45.5 Å². The third kappa shape index (κ3) is 5.98. The minimum atomic E-state index is -0.0517. The molecule has 1 aromatic heterocycles. The number of hydrogen-bond donors (Lipinski definition) is 1. The zero-order valence-corrected chi connectivity index (χ0v) is 19.1. The van der Waals surface area contributed by atoms with Crippen LogP contribution in [0.15, 0.2) is 90.1 Å². The summed E-state index contributed by atoms with van der Waals surface area (Å²) in [6, 6.07) is 28.2. The van der Waals surface area contributed by atoms with E-state index in [1.165, 1.54) is 22.9 Å². The van der Waals surface area contributed by atoms with Crippen molar-refractivity contribution in [2.45, 2.75) is 17.5 Å². The molecule has 1 heterocycles. The second-order valence-corrected chi connectivity index (χ2v) is 8.32. The van der Waals surface area contributed by atoms with Gasteiger partial charge in [-0.3, -0.25) is 4.79 Å². The molecule has 4 aromatic rings. The summed E-state index contributed by atoms with van der Waals surface area (Å²) in [5, 5.41) is 15.4. The average Bonchev–Trinajstić information content (AvgIpc) is 3.35. The molecule has 7 nitrogen and oxygen atoms in total. The van der Waals surface area contributed by atoms with Crippen LogP contribution in [0.5, 0.6) is 5.75 Å². The number of benzene rings is 3. The average molecular weight is 460 g/mol. The number of rotatable bonds is 10. The van der Waals surface area contributed by atoms with Crippen LogP contribution in [0.3, 0.4) is 0 Å². The predicted octanol–water partition coefficient (Wildman–Crippen LogP) is 4.10. The summed E-state index contributed by atoms with van der Waals surface area (Å²) in [5.74, 6) is 1.16. The zero-order valence-electron chi connectivity index (χ0n) is 18.3. The van der Waals surface area contributed by atoms with Gasteiger partial charge in [0, 0.05) is 12.5 Å². The number of nitrogens with one attached hydrogen (secondary N) is 1. The zero-order chi connectivity index (χ0) is 22.9. The molecule has 0 bridgehead atoms. The van der Waals surface area contributed by atoms with Crippen LogP contribution in [0.4, 0.5) is 0 Å². The Morgan fingerprint density at radius 3 is 2.21 bits per heavy atom. The summed E-state index contributed by atoms with van der Waals surface area (Å²) in [4.78, 5) is 12.5. The predicted molar refractivity (Wildman–Crippen MR) is 129 cm³/mol. The lowest BCUT2D eigenvalue weighted by molar-refractivity contribution is -0.118. The fourth-order valence-corrected chi connectivity index (χ4v) is 4.31. The molecule has 1 amide bonds. The Bertz CT molecular complexity index is 1110. The first kappa shape index (κ1) is 22.5. The highest BCUT2D eigenvalue weighted by molar-refractivity contribution is 7.99. The molecule has 0 aliphatic heterocycles. The van der Waals surface area contributed by atoms with Crippen LogP contribution in [-0.2, 0) is 4.79 Å². The lowest BCUT2D eigenvalue weighted by atomic mass is 9.88. The van der Waals surface area contributed by atoms with Gasteiger partial charge in [0.25, 0.3) is 0 Å². The monoisotopic (exact) mass is 459 g/mol. The third-order valence-electron chi connectivity index (χ3n) is 5.25. The molecule has 0 aliphatic rings. The van der Waals surface area contributed by atoms with E-state index in [4.69, 9.17) is 4.74 Å². The van der Waals surface area contributed by atoms with Crippen LogP contribution >= 0.6 is 11.8 Å². The maximum absolute atomic E-state index is 12.5. The van der Waals surface area contributed by atoms with Crippen molar-refractivity contribution in [3.8, 4) is 11.4 Å². The van der Waals surface area contributed by atoms with Gasteiger partial charge in [0.05, 0.1) is 18.6 Å². The van der Waals surface area contributed by atoms with Crippen molar-refractivity contribution >= 4 is 17.7 Å². The van der Waals surface area contributed by atoms with Crippen LogP contribution in [0, 0.1) is 0 Å². The first-order valence-corrected chi connectivity index (χ1v) is 11.7. The molecule has 8 heteroatoms. The lowest BCUT2D eigenvalue weighted by Gasteiger charge is -2.18. The molecule has 3 aromatic carbocycles. The van der Waals surface area contributed by atoms with Crippen molar-refractivity contribution in [3.05, 3.63) is 96.1 Å². The van der Waals surface area contributed by atoms with E-state index in [2.05, 4.69) is 45.1 Å². The van der Waals surface area contributed by atoms with Gasteiger partial charge >= 0.3 is 0 Å². The van der Waals surface area contributed by atoms with Crippen molar-refractivity contribution in [1.29, 1.82) is 0 Å². The summed E-state index contributed by atoms with van der Waals surface area (Å²) < 4.78 is 6.80. The SMILES string of the molecule is COc1ccc(-n2nnnc2SCC(=O)NCCC(c2ccccc2)c2ccccc2)cc1. The van der Waals surface area contributed by atoms with E-state index < -0.39 is 0 Å². The first-order valence-electron chi connectivity index (χ1n) is 10.7. The molecule has 0 fully saturated rings. The van der Waals surface area contributed by atoms with Gasteiger partial charge in [-0.2, -0.15) is 4.68 Å². The molecule has 0 radical (unpaired) electrons. The number of methoxy groups -OCH3 is 1. The minimum Gasteiger partial charge on any atom is -0.497 e. The van der Waals surface area contributed by atoms with Crippen LogP contribution < -0.4 is 10.1 Å². The summed E-state index contributed by atoms with van der Waals surface area (Å²) in [7, 11) is 1.62. The summed E-state index contributed by atoms with van der Waals surface area (Å²) in [5.41, 5.74) is 3.29. The fraction of sp³-hybridized carbons (Fsp3) is 0.200. The molecular formula is C25H25N5O2S. The molecule has 0 saturated carbocycles. The van der Waals surface area contributed by atoms with E-state index in [1.54, 1.807) is 11.8 Å². The molecule has 0 atom stereocenters. The van der Waals surface area contributed by atoms with E-state index in [-0.39, 0.29) is 17.6 Å². The van der Waals surface area contributed by atoms with Crippen molar-refractivity contribution in [2.24, 2.45) is 0 Å². The second-order valence-electron chi connectivity index (χ2n) is 7.37. The summed E-state index contributed by atoms with van der Waals surface area (Å²) in [6.45, 7) is 0.581. The summed E-state index contributed by atoms with van der Waals surface area (Å²) in [6.07, 6.45) is 0.814. The van der Waals surface area contributed by atoms with Gasteiger partial charge in [0.15, 0.2) is 0 Å². The fourth-order valence-electron chi connectivity index (χ4n) is 3.59. The molecule has 1 N–H and O–H groups in total. The number of carbonyl (C=O) groups is 1. The Kier molecular flexibility index (Phi) is 7.71. The van der Waals surface area contributed by atoms with Crippen molar-refractivity contribution in [1.82, 2.24) is 25.5 Å². The highest BCUT2D eigenvalue weighted by Gasteiger charge is 2.15. The van der Waals surface area contributed by atoms with Crippen LogP contribution in [0.2, 0.25) is 0 Å². The van der Waals surface area contributed by atoms with Gasteiger partial charge in [-0.15, -0.1) is 5.10 Å². The summed E-state index contributed by atoms with van der Waals surface area (Å²) >= 11 is 1.30. The molecule has 0 unspecified atom stereocenters. The molecular weight excluding hydrogens is 434 g/mol. The molecule has 168 valence electrons. The van der Waals surface area contributed by atoms with E-state index >= 15 is 0 Å². The van der Waals surface area contributed by atoms with E-state index in [9.17, 15) is 4.79 Å². The number of carbonyl (C=O) groups excluding carboxylic acids is 1. The number of tetrazole rings is 1. The third-order valence-corrected chi connectivity index (χ3v) is 6.17. The van der Waals surface area contributed by atoms with Crippen molar-refractivity contribution < 1.29 is 9.53 Å². The molecule has 0 saturated heterocycles. The Balaban J connectivity index is 1.32. The quantitative estimate of drug-likeness (QED) is 0.360. The Labute approximate surface area is 197 Å². The number of aromatic nitrogens is 4. The smallest absolute Gasteiger partial charge is 0.230 e. The maximum atomic E-state index is 12.5. The van der Waals surface area contributed by atoms with Gasteiger partial charge in [0.2, 0.25) is 11.1 Å². The van der Waals surface area contributed by atoms with Gasteiger partial charge in [-0.25, -0.2) is 0 Å². The van der Waals surface area contributed by atoms with E-state index in [0.717, 1.165) is 17.9 Å². The highest BCUT2D eigenvalue weighted by atomic mass is 32.2. The normalized spacial score (nSPS) is 10.8. The number of thioether (sulfide) groups is 1. The van der Waals surface area contributed by atoms with Crippen molar-refractivity contribution in [2.75, 3.05) is 19.4 Å². The number of ether oxygens (including phenoxy) is 1. The topological polar surface area (TPSA) is 81.9 Å². The largest absolute Gasteiger partial charge is 0.497 e. The van der Waals surface area contributed by atoms with E-state index in [0.29, 0.717) is 11.7 Å². The lowest BCUT2D eigenvalue weighted by Crippen LogP contribution is -2.27. The standard InChI is InChI=1S/C25H25N5O2S/c1-32-22-14-12-21(13-15-22)30-25(27-28-29-30)33-18-24(31)26-17-16-23(19-8-4-2-5-9-19)20-10-6-3-7-11-20/h2-15,23H,16-18H2,1H3,(H,26,31). The maximum Gasteiger partial charge on any atom is 0.230 e. The van der Waals surface area contributed by atoms with Crippen LogP contribution in [0.1, 0.15) is 23.5 Å². The van der Waals surface area contributed by atoms with Gasteiger partial charge < -0.3 is 10.1 Å². The molecule has 33 heavy (non-hydrogen) atoms. The van der Waals surface area contributed by atoms with Gasteiger partial charge in [-0.05, 0) is 52.2 Å². The van der Waals surface area contributed by atoms with Gasteiger partial charge in [0.1, 0.15) is 5.75 Å². The Morgan fingerprint density at radius 2 is 1.61 bits per heavy atom. The van der Waals surface area contributed by atoms with Crippen LogP contribution in [0.25, 0.3) is 5.69 Å². The molecule has 0 aliphatic carbocycles. The number of hydrogen-bond acceptors (Lipinski definition) is 6. The number of amides is 1. The molecule has 0 spiro atoms. The van der Waals surface area contributed by atoms with E-state index in [1.807, 2.05) is 60.7 Å². The molecule has 4 rings (SSSR count). The first-order chi connectivity index (χ1) is 16.2. The Hall–Kier alpha value is -3.65. The number of nitrogens with zero attached hydrogens (tertiary/aromatic N) is 4. The minimum absolute atomic E-state index is 0.0517. The Morgan fingerprint density at radius 1 is 0.970 bits per heavy atom. The highest BCUT2D eigenvalue weighted by Crippen LogP contribution is 2.27. The van der Waals surface area contributed by atoms with Gasteiger partial charge in [-0.1, -0.05) is 72.4 Å². The van der Waals surface area contributed by atoms with Crippen molar-refractivity contribution in [3.63, 3.8) is 0 Å².